The summed E-state index contributed by atoms with van der Waals surface area (Å²) in [5, 5.41) is 8.63. The minimum absolute atomic E-state index is 0.604. The maximum atomic E-state index is 6.87. The molecule has 14 rings (SSSR count). The lowest BCUT2D eigenvalue weighted by atomic mass is 9.70. The molecular weight excluding hydrogens is 781 g/mol. The van der Waals surface area contributed by atoms with Crippen molar-refractivity contribution in [3.8, 4) is 33.4 Å². The zero-order valence-electron chi connectivity index (χ0n) is 34.8. The summed E-state index contributed by atoms with van der Waals surface area (Å²) >= 11 is 0. The van der Waals surface area contributed by atoms with Gasteiger partial charge in [-0.15, -0.1) is 0 Å². The molecule has 0 unspecified atom stereocenters. The average Bonchev–Trinajstić information content (AvgIpc) is 4.08. The van der Waals surface area contributed by atoms with Crippen molar-refractivity contribution in [2.45, 2.75) is 12.3 Å². The molecule has 0 bridgehead atoms. The van der Waals surface area contributed by atoms with Gasteiger partial charge in [-0.2, -0.15) is 0 Å². The van der Waals surface area contributed by atoms with Gasteiger partial charge >= 0.3 is 0 Å². The Morgan fingerprint density at radius 1 is 0.438 bits per heavy atom. The molecule has 1 spiro atoms. The molecule has 12 aromatic rings. The third kappa shape index (κ3) is 4.51. The Morgan fingerprint density at radius 3 is 1.66 bits per heavy atom. The first-order valence-electron chi connectivity index (χ1n) is 21.8. The molecule has 0 aliphatic heterocycles. The van der Waals surface area contributed by atoms with Crippen molar-refractivity contribution in [2.75, 3.05) is 0 Å². The Balaban J connectivity index is 1.05. The van der Waals surface area contributed by atoms with Crippen LogP contribution in [0.15, 0.2) is 207 Å². The molecule has 298 valence electrons. The predicted octanol–water partition coefficient (Wildman–Crippen LogP) is 16.3. The Bertz CT molecular complexity index is 4020. The van der Waals surface area contributed by atoms with Crippen LogP contribution in [-0.2, 0) is 5.41 Å². The number of hydrogen-bond donors (Lipinski definition) is 0. The first kappa shape index (κ1) is 35.3. The second-order valence-electron chi connectivity index (χ2n) is 17.2. The van der Waals surface area contributed by atoms with Gasteiger partial charge in [0, 0.05) is 43.6 Å². The molecule has 64 heavy (non-hydrogen) atoms. The van der Waals surface area contributed by atoms with E-state index in [-0.39, 0.29) is 0 Å². The Kier molecular flexibility index (Phi) is 7.08. The van der Waals surface area contributed by atoms with E-state index in [4.69, 9.17) is 13.8 Å². The molecule has 0 fully saturated rings. The van der Waals surface area contributed by atoms with Gasteiger partial charge in [0.05, 0.1) is 16.8 Å². The molecule has 2 aliphatic carbocycles. The van der Waals surface area contributed by atoms with Gasteiger partial charge in [-0.25, -0.2) is 0 Å². The summed E-state index contributed by atoms with van der Waals surface area (Å²) in [6.07, 6.45) is 0. The summed E-state index contributed by atoms with van der Waals surface area (Å²) in [6, 6.07) is 67.7. The van der Waals surface area contributed by atoms with Crippen LogP contribution in [0.25, 0.3) is 98.8 Å². The minimum Gasteiger partial charge on any atom is -0.456 e. The molecule has 2 heterocycles. The Labute approximate surface area is 368 Å². The summed E-state index contributed by atoms with van der Waals surface area (Å²) in [5.41, 5.74) is 18.5. The van der Waals surface area contributed by atoms with Crippen molar-refractivity contribution in [3.63, 3.8) is 0 Å². The highest BCUT2D eigenvalue weighted by molar-refractivity contribution is 6.24. The van der Waals surface area contributed by atoms with Gasteiger partial charge in [0.2, 0.25) is 0 Å². The van der Waals surface area contributed by atoms with Crippen LogP contribution in [0.1, 0.15) is 34.7 Å². The molecule has 0 amide bonds. The maximum Gasteiger partial charge on any atom is 0.144 e. The van der Waals surface area contributed by atoms with E-state index in [1.807, 2.05) is 12.1 Å². The number of benzene rings is 10. The Hall–Kier alpha value is -8.34. The molecule has 2 aliphatic rings. The summed E-state index contributed by atoms with van der Waals surface area (Å²) in [7, 11) is 0. The highest BCUT2D eigenvalue weighted by Gasteiger charge is 2.52. The van der Waals surface area contributed by atoms with E-state index in [1.165, 1.54) is 44.5 Å². The summed E-state index contributed by atoms with van der Waals surface area (Å²) < 4.78 is 13.5. The molecule has 0 N–H and O–H groups in total. The number of aliphatic imine (C=N–C) groups is 2. The van der Waals surface area contributed by atoms with Gasteiger partial charge in [0.1, 0.15) is 22.3 Å². The van der Waals surface area contributed by atoms with Crippen LogP contribution in [-0.4, -0.2) is 12.4 Å². The highest BCUT2D eigenvalue weighted by Crippen LogP contribution is 2.63. The lowest BCUT2D eigenvalue weighted by molar-refractivity contribution is 0.664. The van der Waals surface area contributed by atoms with E-state index in [0.717, 1.165) is 99.2 Å². The van der Waals surface area contributed by atoms with E-state index in [2.05, 4.69) is 195 Å². The van der Waals surface area contributed by atoms with Gasteiger partial charge in [0.25, 0.3) is 0 Å². The molecule has 2 aromatic heterocycles. The van der Waals surface area contributed by atoms with Gasteiger partial charge in [-0.05, 0) is 110 Å². The van der Waals surface area contributed by atoms with E-state index in [9.17, 15) is 0 Å². The van der Waals surface area contributed by atoms with Gasteiger partial charge in [-0.3, -0.25) is 9.98 Å². The molecule has 10 aromatic carbocycles. The van der Waals surface area contributed by atoms with Crippen LogP contribution in [0, 0.1) is 0 Å². The third-order valence-electron chi connectivity index (χ3n) is 14.1. The van der Waals surface area contributed by atoms with Crippen molar-refractivity contribution in [2.24, 2.45) is 9.98 Å². The van der Waals surface area contributed by atoms with E-state index in [1.54, 1.807) is 0 Å². The lowest BCUT2D eigenvalue weighted by Gasteiger charge is -2.31. The average molecular weight is 817 g/mol. The number of para-hydroxylation sites is 2. The van der Waals surface area contributed by atoms with Crippen LogP contribution in [0.4, 0.5) is 11.4 Å². The van der Waals surface area contributed by atoms with Crippen LogP contribution < -0.4 is 0 Å². The quantitative estimate of drug-likeness (QED) is 0.131. The second-order valence-corrected chi connectivity index (χ2v) is 17.2. The fourth-order valence-corrected chi connectivity index (χ4v) is 11.5. The topological polar surface area (TPSA) is 51.0 Å². The summed E-state index contributed by atoms with van der Waals surface area (Å²) in [6.45, 7) is 6.17. The molecular formula is C60H36N2O2. The van der Waals surface area contributed by atoms with E-state index < -0.39 is 5.41 Å². The smallest absolute Gasteiger partial charge is 0.144 e. The number of hydrogen-bond acceptors (Lipinski definition) is 4. The zero-order chi connectivity index (χ0) is 42.3. The first-order valence-corrected chi connectivity index (χ1v) is 21.8. The molecule has 0 radical (unpaired) electrons. The van der Waals surface area contributed by atoms with Crippen LogP contribution >= 0.6 is 0 Å². The number of furan rings is 2. The van der Waals surface area contributed by atoms with Crippen molar-refractivity contribution < 1.29 is 8.83 Å². The lowest BCUT2D eigenvalue weighted by Crippen LogP contribution is -2.26. The van der Waals surface area contributed by atoms with Crippen molar-refractivity contribution >= 4 is 89.2 Å². The molecule has 4 heteroatoms. The van der Waals surface area contributed by atoms with Crippen LogP contribution in [0.2, 0.25) is 0 Å². The number of fused-ring (bicyclic) bond motifs is 19. The fourth-order valence-electron chi connectivity index (χ4n) is 11.5. The largest absolute Gasteiger partial charge is 0.456 e. The SMILES string of the molecule is C=Nc1c(/N=C(\C)c2ccc3c(c2)C2(c4ccccc4-c4ccccc42)c2cc(-c4c5oc6ccccc6c5cc5oc6ccccc6c45)ccc2-3)c2ccccc2c2ccccc12. The molecule has 0 saturated carbocycles. The van der Waals surface area contributed by atoms with Crippen LogP contribution in [0.5, 0.6) is 0 Å². The van der Waals surface area contributed by atoms with Crippen LogP contribution in [0.3, 0.4) is 0 Å². The minimum atomic E-state index is -0.604. The van der Waals surface area contributed by atoms with Gasteiger partial charge in [-0.1, -0.05) is 158 Å². The van der Waals surface area contributed by atoms with Gasteiger partial charge in [0.15, 0.2) is 0 Å². The van der Waals surface area contributed by atoms with Gasteiger partial charge < -0.3 is 8.83 Å². The standard InChI is InChI=1S/C60H36N2O2/c1-34(62-58-45-21-6-4-16-38(45)37-15-3-5-20-44(37)57(58)61-2)35-27-29-41-42-30-28-36(32-51(42)60(50(41)31-35)48-23-11-7-17-39(48)40-18-8-12-24-49(40)60)55-56-46-22-10-14-26-53(46)63-54(56)33-47-43-19-9-13-25-52(43)64-59(47)55/h3-33H,2H2,1H3/b62-34+. The highest BCUT2D eigenvalue weighted by atomic mass is 16.3. The van der Waals surface area contributed by atoms with E-state index in [0.29, 0.717) is 0 Å². The van der Waals surface area contributed by atoms with Crippen molar-refractivity contribution in [3.05, 3.63) is 216 Å². The second kappa shape index (κ2) is 12.9. The maximum absolute atomic E-state index is 6.87. The normalized spacial score (nSPS) is 13.7. The monoisotopic (exact) mass is 816 g/mol. The predicted molar refractivity (Wildman–Crippen MR) is 265 cm³/mol. The number of nitrogens with zero attached hydrogens (tertiary/aromatic N) is 2. The van der Waals surface area contributed by atoms with E-state index >= 15 is 0 Å². The van der Waals surface area contributed by atoms with Crippen molar-refractivity contribution in [1.82, 2.24) is 0 Å². The molecule has 0 atom stereocenters. The molecule has 4 nitrogen and oxygen atoms in total. The first-order chi connectivity index (χ1) is 31.6. The fraction of sp³-hybridized carbons (Fsp3) is 0.0333. The summed E-state index contributed by atoms with van der Waals surface area (Å²) in [4.78, 5) is 10.1. The molecule has 0 saturated heterocycles. The Morgan fingerprint density at radius 2 is 0.969 bits per heavy atom. The number of rotatable bonds is 4. The zero-order valence-corrected chi connectivity index (χ0v) is 34.8. The summed E-state index contributed by atoms with van der Waals surface area (Å²) in [5.74, 6) is 0. The van der Waals surface area contributed by atoms with Crippen molar-refractivity contribution in [1.29, 1.82) is 0 Å². The third-order valence-corrected chi connectivity index (χ3v) is 14.1.